The quantitative estimate of drug-likeness (QED) is 0.679. The molecule has 4 heteroatoms. The van der Waals surface area contributed by atoms with Crippen molar-refractivity contribution in [2.45, 2.75) is 13.0 Å². The summed E-state index contributed by atoms with van der Waals surface area (Å²) in [6.45, 7) is 4.02. The first-order valence-corrected chi connectivity index (χ1v) is 5.23. The molecule has 1 aliphatic heterocycles. The number of anilines is 1. The van der Waals surface area contributed by atoms with E-state index in [1.54, 1.807) is 0 Å². The van der Waals surface area contributed by atoms with Gasteiger partial charge in [-0.2, -0.15) is 0 Å². The van der Waals surface area contributed by atoms with Gasteiger partial charge in [0.25, 0.3) is 0 Å². The number of hydrogen-bond donors (Lipinski definition) is 3. The zero-order valence-electron chi connectivity index (χ0n) is 8.83. The van der Waals surface area contributed by atoms with Crippen molar-refractivity contribution in [2.24, 2.45) is 0 Å². The minimum absolute atomic E-state index is 0.0429. The molecule has 0 spiro atoms. The highest BCUT2D eigenvalue weighted by atomic mass is 16.3. The van der Waals surface area contributed by atoms with Crippen LogP contribution in [0.2, 0.25) is 0 Å². The van der Waals surface area contributed by atoms with Crippen molar-refractivity contribution in [2.75, 3.05) is 5.32 Å². The molecule has 82 valence electrons. The van der Waals surface area contributed by atoms with E-state index >= 15 is 0 Å². The fourth-order valence-corrected chi connectivity index (χ4v) is 2.08. The molecule has 3 N–H and O–H groups in total. The Balaban J connectivity index is 2.18. The van der Waals surface area contributed by atoms with Gasteiger partial charge in [-0.3, -0.25) is 9.78 Å². The SMILES string of the molecule is C=C1Cc2c(CO)[nH]n2-c2ccccc2N1. The maximum Gasteiger partial charge on any atom is 0.0864 e. The van der Waals surface area contributed by atoms with Gasteiger partial charge in [0.05, 0.1) is 29.4 Å². The lowest BCUT2D eigenvalue weighted by atomic mass is 10.2. The van der Waals surface area contributed by atoms with E-state index in [9.17, 15) is 0 Å². The molecule has 4 nitrogen and oxygen atoms in total. The first kappa shape index (κ1) is 9.30. The van der Waals surface area contributed by atoms with Gasteiger partial charge in [0, 0.05) is 12.1 Å². The van der Waals surface area contributed by atoms with Crippen LogP contribution in [0, 0.1) is 0 Å². The van der Waals surface area contributed by atoms with Crippen LogP contribution in [0.3, 0.4) is 0 Å². The molecule has 1 aliphatic rings. The molecule has 0 saturated carbocycles. The molecule has 1 aromatic heterocycles. The second-order valence-electron chi connectivity index (χ2n) is 3.95. The molecular weight excluding hydrogens is 202 g/mol. The highest BCUT2D eigenvalue weighted by molar-refractivity contribution is 5.65. The smallest absolute Gasteiger partial charge is 0.0864 e. The molecule has 0 saturated heterocycles. The Morgan fingerprint density at radius 1 is 1.38 bits per heavy atom. The lowest BCUT2D eigenvalue weighted by Crippen LogP contribution is -2.19. The van der Waals surface area contributed by atoms with E-state index in [1.807, 2.05) is 28.9 Å². The summed E-state index contributed by atoms with van der Waals surface area (Å²) in [6.07, 6.45) is 0.734. The topological polar surface area (TPSA) is 53.0 Å². The number of aromatic amines is 1. The van der Waals surface area contributed by atoms with Gasteiger partial charge in [0.15, 0.2) is 0 Å². The first-order valence-electron chi connectivity index (χ1n) is 5.23. The van der Waals surface area contributed by atoms with E-state index in [2.05, 4.69) is 17.0 Å². The van der Waals surface area contributed by atoms with Crippen LogP contribution in [0.1, 0.15) is 11.4 Å². The fraction of sp³-hybridized carbons (Fsp3) is 0.167. The summed E-state index contributed by atoms with van der Waals surface area (Å²) in [5.41, 5.74) is 5.00. The number of fused-ring (bicyclic) bond motifs is 3. The predicted molar refractivity (Wildman–Crippen MR) is 62.5 cm³/mol. The van der Waals surface area contributed by atoms with Crippen LogP contribution in [-0.2, 0) is 13.0 Å². The van der Waals surface area contributed by atoms with Crippen LogP contribution in [0.4, 0.5) is 5.69 Å². The Morgan fingerprint density at radius 3 is 3.00 bits per heavy atom. The average Bonchev–Trinajstić information content (AvgIpc) is 2.37. The summed E-state index contributed by atoms with van der Waals surface area (Å²) < 4.78 is 1.99. The number of rotatable bonds is 1. The summed E-state index contributed by atoms with van der Waals surface area (Å²) in [5.74, 6) is 0. The number of aromatic nitrogens is 2. The summed E-state index contributed by atoms with van der Waals surface area (Å²) in [4.78, 5) is 0. The third kappa shape index (κ3) is 1.20. The van der Waals surface area contributed by atoms with E-state index in [0.29, 0.717) is 0 Å². The summed E-state index contributed by atoms with van der Waals surface area (Å²) >= 11 is 0. The van der Waals surface area contributed by atoms with E-state index in [1.165, 1.54) is 0 Å². The largest absolute Gasteiger partial charge is 0.390 e. The van der Waals surface area contributed by atoms with Crippen LogP contribution in [-0.4, -0.2) is 14.9 Å². The normalized spacial score (nSPS) is 13.9. The third-order valence-corrected chi connectivity index (χ3v) is 2.86. The average molecular weight is 215 g/mol. The van der Waals surface area contributed by atoms with Gasteiger partial charge in [-0.05, 0) is 12.1 Å². The van der Waals surface area contributed by atoms with Gasteiger partial charge in [-0.1, -0.05) is 18.7 Å². The molecule has 3 rings (SSSR count). The number of benzene rings is 1. The zero-order chi connectivity index (χ0) is 11.1. The molecule has 0 atom stereocenters. The second-order valence-corrected chi connectivity index (χ2v) is 3.95. The van der Waals surface area contributed by atoms with Crippen molar-refractivity contribution in [3.8, 4) is 5.69 Å². The highest BCUT2D eigenvalue weighted by Crippen LogP contribution is 2.29. The van der Waals surface area contributed by atoms with Gasteiger partial charge in [-0.25, -0.2) is 0 Å². The number of hydrogen-bond acceptors (Lipinski definition) is 2. The van der Waals surface area contributed by atoms with Crippen molar-refractivity contribution in [3.05, 3.63) is 47.9 Å². The standard InChI is InChI=1S/C12H13N3O/c1-8-6-12-10(7-16)14-15(12)11-5-3-2-4-9(11)13-8/h2-5,13-14,16H,1,6-7H2. The molecule has 2 heterocycles. The van der Waals surface area contributed by atoms with Gasteiger partial charge < -0.3 is 10.4 Å². The molecule has 2 aromatic rings. The molecular formula is C12H13N3O. The van der Waals surface area contributed by atoms with Crippen molar-refractivity contribution in [3.63, 3.8) is 0 Å². The highest BCUT2D eigenvalue weighted by Gasteiger charge is 2.20. The molecule has 0 amide bonds. The number of nitrogens with zero attached hydrogens (tertiary/aromatic N) is 1. The molecule has 1 aromatic carbocycles. The van der Waals surface area contributed by atoms with Crippen LogP contribution < -0.4 is 5.32 Å². The fourth-order valence-electron chi connectivity index (χ4n) is 2.08. The number of H-pyrrole nitrogens is 1. The van der Waals surface area contributed by atoms with Crippen LogP contribution in [0.5, 0.6) is 0 Å². The van der Waals surface area contributed by atoms with Crippen molar-refractivity contribution >= 4 is 5.69 Å². The van der Waals surface area contributed by atoms with E-state index in [-0.39, 0.29) is 6.61 Å². The molecule has 16 heavy (non-hydrogen) atoms. The van der Waals surface area contributed by atoms with E-state index < -0.39 is 0 Å². The van der Waals surface area contributed by atoms with Gasteiger partial charge >= 0.3 is 0 Å². The lowest BCUT2D eigenvalue weighted by molar-refractivity contribution is 0.266. The van der Waals surface area contributed by atoms with E-state index in [4.69, 9.17) is 5.11 Å². The molecule has 0 unspecified atom stereocenters. The maximum atomic E-state index is 9.15. The van der Waals surface area contributed by atoms with Crippen molar-refractivity contribution < 1.29 is 5.11 Å². The number of nitrogens with one attached hydrogen (secondary N) is 2. The number of allylic oxidation sites excluding steroid dienone is 1. The minimum Gasteiger partial charge on any atom is -0.390 e. The van der Waals surface area contributed by atoms with Crippen molar-refractivity contribution in [1.29, 1.82) is 0 Å². The second kappa shape index (κ2) is 3.28. The minimum atomic E-state index is 0.0429. The van der Waals surface area contributed by atoms with Gasteiger partial charge in [-0.15, -0.1) is 0 Å². The van der Waals surface area contributed by atoms with Crippen molar-refractivity contribution in [1.82, 2.24) is 9.78 Å². The van der Waals surface area contributed by atoms with Crippen LogP contribution in [0.15, 0.2) is 36.5 Å². The van der Waals surface area contributed by atoms with Gasteiger partial charge in [0.1, 0.15) is 0 Å². The summed E-state index contributed by atoms with van der Waals surface area (Å²) in [7, 11) is 0. The Morgan fingerprint density at radius 2 is 2.19 bits per heavy atom. The van der Waals surface area contributed by atoms with Gasteiger partial charge in [0.2, 0.25) is 0 Å². The van der Waals surface area contributed by atoms with Crippen LogP contribution >= 0.6 is 0 Å². The summed E-state index contributed by atoms with van der Waals surface area (Å²) in [5, 5.41) is 15.6. The molecule has 0 fully saturated rings. The molecule has 0 aliphatic carbocycles. The molecule has 0 radical (unpaired) electrons. The number of aliphatic hydroxyl groups excluding tert-OH is 1. The molecule has 0 bridgehead atoms. The maximum absolute atomic E-state index is 9.15. The Hall–Kier alpha value is -1.94. The monoisotopic (exact) mass is 215 g/mol. The number of aliphatic hydroxyl groups is 1. The summed E-state index contributed by atoms with van der Waals surface area (Å²) in [6, 6.07) is 8.02. The number of para-hydroxylation sites is 2. The van der Waals surface area contributed by atoms with Crippen LogP contribution in [0.25, 0.3) is 5.69 Å². The lowest BCUT2D eigenvalue weighted by Gasteiger charge is -2.21. The van der Waals surface area contributed by atoms with E-state index in [0.717, 1.165) is 34.9 Å². The Kier molecular flexibility index (Phi) is 1.91. The predicted octanol–water partition coefficient (Wildman–Crippen LogP) is 1.78. The Labute approximate surface area is 93.2 Å². The first-order chi connectivity index (χ1) is 7.79. The third-order valence-electron chi connectivity index (χ3n) is 2.86. The Bertz CT molecular complexity index is 550. The zero-order valence-corrected chi connectivity index (χ0v) is 8.83.